The highest BCUT2D eigenvalue weighted by Crippen LogP contribution is 2.25. The largest absolute Gasteiger partial charge is 0.383 e. The Hall–Kier alpha value is -1.58. The van der Waals surface area contributed by atoms with Gasteiger partial charge in [-0.1, -0.05) is 32.1 Å². The fourth-order valence-corrected chi connectivity index (χ4v) is 2.88. The Labute approximate surface area is 121 Å². The Morgan fingerprint density at radius 2 is 2.15 bits per heavy atom. The predicted molar refractivity (Wildman–Crippen MR) is 81.9 cm³/mol. The molecule has 20 heavy (non-hydrogen) atoms. The lowest BCUT2D eigenvalue weighted by atomic mass is 9.87. The summed E-state index contributed by atoms with van der Waals surface area (Å²) in [7, 11) is 0. The molecular weight excluding hydrogens is 250 g/mol. The molecule has 0 atom stereocenters. The van der Waals surface area contributed by atoms with Gasteiger partial charge >= 0.3 is 0 Å². The van der Waals surface area contributed by atoms with Crippen molar-refractivity contribution >= 4 is 11.6 Å². The third-order valence-corrected chi connectivity index (χ3v) is 4.00. The van der Waals surface area contributed by atoms with Crippen molar-refractivity contribution in [3.05, 3.63) is 24.0 Å². The normalized spacial score (nSPS) is 15.8. The van der Waals surface area contributed by atoms with Crippen molar-refractivity contribution < 1.29 is 4.79 Å². The predicted octanol–water partition coefficient (Wildman–Crippen LogP) is 3.21. The van der Waals surface area contributed by atoms with Crippen molar-refractivity contribution in [2.45, 2.75) is 45.4 Å². The maximum atomic E-state index is 12.2. The van der Waals surface area contributed by atoms with E-state index in [2.05, 4.69) is 15.6 Å². The number of rotatable bonds is 6. The van der Waals surface area contributed by atoms with Gasteiger partial charge in [-0.25, -0.2) is 0 Å². The zero-order chi connectivity index (χ0) is 14.2. The molecule has 4 heteroatoms. The molecule has 2 N–H and O–H groups in total. The Balaban J connectivity index is 1.82. The summed E-state index contributed by atoms with van der Waals surface area (Å²) in [6.07, 6.45) is 11.2. The summed E-state index contributed by atoms with van der Waals surface area (Å²) in [5.74, 6) is 0.800. The molecule has 0 saturated heterocycles. The van der Waals surface area contributed by atoms with Crippen molar-refractivity contribution in [3.63, 3.8) is 0 Å². The van der Waals surface area contributed by atoms with E-state index < -0.39 is 0 Å². The molecule has 4 nitrogen and oxygen atoms in total. The molecule has 1 aromatic rings. The van der Waals surface area contributed by atoms with Crippen molar-refractivity contribution in [2.75, 3.05) is 18.4 Å². The second kappa shape index (κ2) is 7.88. The molecular formula is C16H25N3O. The maximum Gasteiger partial charge on any atom is 0.253 e. The summed E-state index contributed by atoms with van der Waals surface area (Å²) < 4.78 is 0. The summed E-state index contributed by atoms with van der Waals surface area (Å²) in [6.45, 7) is 3.57. The van der Waals surface area contributed by atoms with Gasteiger partial charge in [-0.05, 0) is 25.3 Å². The average molecular weight is 275 g/mol. The van der Waals surface area contributed by atoms with E-state index >= 15 is 0 Å². The van der Waals surface area contributed by atoms with Crippen LogP contribution in [-0.2, 0) is 0 Å². The van der Waals surface area contributed by atoms with Gasteiger partial charge in [0.25, 0.3) is 5.91 Å². The number of carbonyl (C=O) groups is 1. The second-order valence-corrected chi connectivity index (χ2v) is 5.50. The lowest BCUT2D eigenvalue weighted by Gasteiger charge is -2.21. The van der Waals surface area contributed by atoms with Gasteiger partial charge in [0.1, 0.15) is 0 Å². The Morgan fingerprint density at radius 3 is 2.90 bits per heavy atom. The molecule has 1 aromatic heterocycles. The lowest BCUT2D eigenvalue weighted by Crippen LogP contribution is -2.27. The van der Waals surface area contributed by atoms with Gasteiger partial charge in [-0.15, -0.1) is 0 Å². The highest BCUT2D eigenvalue weighted by Gasteiger charge is 2.14. The fraction of sp³-hybridized carbons (Fsp3) is 0.625. The number of aromatic nitrogens is 1. The zero-order valence-corrected chi connectivity index (χ0v) is 12.3. The third-order valence-electron chi connectivity index (χ3n) is 4.00. The molecule has 0 radical (unpaired) electrons. The van der Waals surface area contributed by atoms with E-state index in [1.165, 1.54) is 32.1 Å². The molecule has 1 fully saturated rings. The van der Waals surface area contributed by atoms with Crippen molar-refractivity contribution in [3.8, 4) is 0 Å². The first-order valence-electron chi connectivity index (χ1n) is 7.77. The van der Waals surface area contributed by atoms with Crippen LogP contribution in [0.15, 0.2) is 18.5 Å². The number of nitrogens with one attached hydrogen (secondary N) is 2. The highest BCUT2D eigenvalue weighted by molar-refractivity contribution is 5.99. The smallest absolute Gasteiger partial charge is 0.253 e. The van der Waals surface area contributed by atoms with Crippen molar-refractivity contribution in [2.24, 2.45) is 5.92 Å². The molecule has 0 aromatic carbocycles. The highest BCUT2D eigenvalue weighted by atomic mass is 16.1. The maximum absolute atomic E-state index is 12.2. The summed E-state index contributed by atoms with van der Waals surface area (Å²) >= 11 is 0. The molecule has 0 aliphatic heterocycles. The summed E-state index contributed by atoms with van der Waals surface area (Å²) in [5.41, 5.74) is 1.50. The Kier molecular flexibility index (Phi) is 5.84. The molecule has 1 aliphatic rings. The lowest BCUT2D eigenvalue weighted by molar-refractivity contribution is 0.0951. The van der Waals surface area contributed by atoms with E-state index in [0.717, 1.165) is 31.1 Å². The topological polar surface area (TPSA) is 54.0 Å². The summed E-state index contributed by atoms with van der Waals surface area (Å²) in [4.78, 5) is 16.3. The van der Waals surface area contributed by atoms with E-state index in [0.29, 0.717) is 5.56 Å². The van der Waals surface area contributed by atoms with Crippen LogP contribution in [0, 0.1) is 5.92 Å². The number of nitrogens with zero attached hydrogens (tertiary/aromatic N) is 1. The summed E-state index contributed by atoms with van der Waals surface area (Å²) in [5, 5.41) is 6.21. The summed E-state index contributed by atoms with van der Waals surface area (Å²) in [6, 6.07) is 1.77. The SMILES string of the molecule is CCNc1cnccc1C(=O)NCCC1CCCCC1. The average Bonchev–Trinajstić information content (AvgIpc) is 2.49. The Morgan fingerprint density at radius 1 is 1.35 bits per heavy atom. The first kappa shape index (κ1) is 14.8. The van der Waals surface area contributed by atoms with Gasteiger partial charge in [0, 0.05) is 19.3 Å². The van der Waals surface area contributed by atoms with Crippen LogP contribution in [0.1, 0.15) is 55.8 Å². The van der Waals surface area contributed by atoms with Gasteiger partial charge in [0.2, 0.25) is 0 Å². The molecule has 1 heterocycles. The standard InChI is InChI=1S/C16H25N3O/c1-2-18-15-12-17-10-9-14(15)16(20)19-11-8-13-6-4-3-5-7-13/h9-10,12-13,18H,2-8,11H2,1H3,(H,19,20). The number of hydrogen-bond acceptors (Lipinski definition) is 3. The number of carbonyl (C=O) groups excluding carboxylic acids is 1. The molecule has 1 amide bonds. The van der Waals surface area contributed by atoms with Crippen LogP contribution in [0.3, 0.4) is 0 Å². The third kappa shape index (κ3) is 4.22. The van der Waals surface area contributed by atoms with E-state index in [1.54, 1.807) is 18.5 Å². The van der Waals surface area contributed by atoms with Gasteiger partial charge in [0.05, 0.1) is 17.4 Å². The van der Waals surface area contributed by atoms with Crippen LogP contribution in [0.2, 0.25) is 0 Å². The van der Waals surface area contributed by atoms with Gasteiger partial charge in [-0.3, -0.25) is 9.78 Å². The first-order chi connectivity index (χ1) is 9.81. The monoisotopic (exact) mass is 275 g/mol. The van der Waals surface area contributed by atoms with E-state index in [4.69, 9.17) is 0 Å². The van der Waals surface area contributed by atoms with Gasteiger partial charge in [-0.2, -0.15) is 0 Å². The molecule has 0 unspecified atom stereocenters. The number of hydrogen-bond donors (Lipinski definition) is 2. The van der Waals surface area contributed by atoms with Crippen LogP contribution in [-0.4, -0.2) is 24.0 Å². The number of pyridine rings is 1. The molecule has 110 valence electrons. The van der Waals surface area contributed by atoms with Gasteiger partial charge < -0.3 is 10.6 Å². The minimum atomic E-state index is -0.000778. The van der Waals surface area contributed by atoms with Crippen LogP contribution in [0.5, 0.6) is 0 Å². The zero-order valence-electron chi connectivity index (χ0n) is 12.3. The molecule has 1 aliphatic carbocycles. The molecule has 0 spiro atoms. The quantitative estimate of drug-likeness (QED) is 0.838. The van der Waals surface area contributed by atoms with Crippen molar-refractivity contribution in [1.29, 1.82) is 0 Å². The number of amides is 1. The molecule has 1 saturated carbocycles. The minimum absolute atomic E-state index is 0.000778. The van der Waals surface area contributed by atoms with E-state index in [1.807, 2.05) is 6.92 Å². The Bertz CT molecular complexity index is 427. The molecule has 0 bridgehead atoms. The van der Waals surface area contributed by atoms with Gasteiger partial charge in [0.15, 0.2) is 0 Å². The van der Waals surface area contributed by atoms with Crippen LogP contribution in [0.25, 0.3) is 0 Å². The second-order valence-electron chi connectivity index (χ2n) is 5.50. The first-order valence-corrected chi connectivity index (χ1v) is 7.77. The van der Waals surface area contributed by atoms with Crippen molar-refractivity contribution in [1.82, 2.24) is 10.3 Å². The van der Waals surface area contributed by atoms with Crippen LogP contribution in [0.4, 0.5) is 5.69 Å². The van der Waals surface area contributed by atoms with Crippen LogP contribution < -0.4 is 10.6 Å². The molecule has 2 rings (SSSR count). The fourth-order valence-electron chi connectivity index (χ4n) is 2.88. The van der Waals surface area contributed by atoms with E-state index in [-0.39, 0.29) is 5.91 Å². The number of anilines is 1. The van der Waals surface area contributed by atoms with Crippen LogP contribution >= 0.6 is 0 Å². The van der Waals surface area contributed by atoms with E-state index in [9.17, 15) is 4.79 Å². The minimum Gasteiger partial charge on any atom is -0.383 e.